The van der Waals surface area contributed by atoms with E-state index in [2.05, 4.69) is 27.4 Å². The number of rotatable bonds is 3. The minimum atomic E-state index is 0.653. The highest BCUT2D eigenvalue weighted by atomic mass is 14.4. The Kier molecular flexibility index (Phi) is 7.80. The highest BCUT2D eigenvalue weighted by molar-refractivity contribution is 4.82. The molecule has 0 amide bonds. The van der Waals surface area contributed by atoms with Crippen molar-refractivity contribution >= 4 is 0 Å². The second-order valence-corrected chi connectivity index (χ2v) is 5.90. The zero-order chi connectivity index (χ0) is 12.6. The van der Waals surface area contributed by atoms with Crippen LogP contribution in [0.5, 0.6) is 0 Å². The summed E-state index contributed by atoms with van der Waals surface area (Å²) in [6, 6.07) is 0. The molecule has 16 heavy (non-hydrogen) atoms. The van der Waals surface area contributed by atoms with Crippen LogP contribution in [0.4, 0.5) is 0 Å². The van der Waals surface area contributed by atoms with Gasteiger partial charge in [0, 0.05) is 0 Å². The van der Waals surface area contributed by atoms with Gasteiger partial charge in [-0.1, -0.05) is 58.4 Å². The zero-order valence-corrected chi connectivity index (χ0v) is 12.2. The van der Waals surface area contributed by atoms with Crippen LogP contribution in [0.2, 0.25) is 0 Å². The fourth-order valence-corrected chi connectivity index (χ4v) is 2.63. The van der Waals surface area contributed by atoms with E-state index < -0.39 is 0 Å². The summed E-state index contributed by atoms with van der Waals surface area (Å²) < 4.78 is 0. The van der Waals surface area contributed by atoms with Crippen molar-refractivity contribution < 1.29 is 0 Å². The summed E-state index contributed by atoms with van der Waals surface area (Å²) in [5.74, 6) is 1.03. The molecule has 0 saturated heterocycles. The van der Waals surface area contributed by atoms with Gasteiger partial charge in [0.1, 0.15) is 0 Å². The largest absolute Gasteiger partial charge is 0.100 e. The summed E-state index contributed by atoms with van der Waals surface area (Å²) in [4.78, 5) is 0. The predicted molar refractivity (Wildman–Crippen MR) is 75.8 cm³/mol. The average molecular weight is 224 g/mol. The van der Waals surface area contributed by atoms with E-state index >= 15 is 0 Å². The lowest BCUT2D eigenvalue weighted by atomic mass is 9.67. The molecule has 1 aliphatic rings. The minimum Gasteiger partial charge on any atom is -0.100 e. The first kappa shape index (κ1) is 15.7. The Morgan fingerprint density at radius 3 is 1.75 bits per heavy atom. The van der Waals surface area contributed by atoms with Gasteiger partial charge < -0.3 is 0 Å². The topological polar surface area (TPSA) is 0 Å². The third-order valence-electron chi connectivity index (χ3n) is 4.21. The fourth-order valence-electron chi connectivity index (χ4n) is 2.63. The quantitative estimate of drug-likeness (QED) is 0.518. The Morgan fingerprint density at radius 2 is 1.44 bits per heavy atom. The average Bonchev–Trinajstić information content (AvgIpc) is 2.28. The maximum absolute atomic E-state index is 3.56. The molecule has 0 aromatic rings. The molecule has 96 valence electrons. The van der Waals surface area contributed by atoms with Crippen LogP contribution in [0.25, 0.3) is 0 Å². The first-order chi connectivity index (χ1) is 7.46. The van der Waals surface area contributed by atoms with Crippen LogP contribution in [0.15, 0.2) is 12.2 Å². The van der Waals surface area contributed by atoms with Crippen molar-refractivity contribution in [2.24, 2.45) is 11.3 Å². The van der Waals surface area contributed by atoms with Gasteiger partial charge in [0.2, 0.25) is 0 Å². The molecular weight excluding hydrogens is 192 g/mol. The van der Waals surface area contributed by atoms with Crippen molar-refractivity contribution in [2.45, 2.75) is 79.6 Å². The summed E-state index contributed by atoms with van der Waals surface area (Å²) >= 11 is 0. The zero-order valence-electron chi connectivity index (χ0n) is 12.2. The standard InChI is InChI=1S/C12H24.C4H8/c1-4-12(3,5-2)11-9-7-6-8-10-11;1-4(2)3/h11H,4-10H2,1-3H3;1H2,2-3H3. The van der Waals surface area contributed by atoms with Crippen molar-refractivity contribution in [1.29, 1.82) is 0 Å². The van der Waals surface area contributed by atoms with Gasteiger partial charge in [0.15, 0.2) is 0 Å². The summed E-state index contributed by atoms with van der Waals surface area (Å²) in [6.45, 7) is 14.7. The van der Waals surface area contributed by atoms with Crippen LogP contribution in [-0.2, 0) is 0 Å². The van der Waals surface area contributed by atoms with E-state index in [-0.39, 0.29) is 0 Å². The van der Waals surface area contributed by atoms with Crippen molar-refractivity contribution in [3.63, 3.8) is 0 Å². The summed E-state index contributed by atoms with van der Waals surface area (Å²) in [5.41, 5.74) is 1.82. The van der Waals surface area contributed by atoms with Crippen LogP contribution < -0.4 is 0 Å². The van der Waals surface area contributed by atoms with Crippen molar-refractivity contribution in [3.8, 4) is 0 Å². The highest BCUT2D eigenvalue weighted by Crippen LogP contribution is 2.42. The maximum Gasteiger partial charge on any atom is -0.0303 e. The smallest absolute Gasteiger partial charge is 0.0303 e. The maximum atomic E-state index is 3.56. The van der Waals surface area contributed by atoms with Gasteiger partial charge in [-0.2, -0.15) is 0 Å². The molecule has 0 radical (unpaired) electrons. The van der Waals surface area contributed by atoms with Crippen molar-refractivity contribution in [1.82, 2.24) is 0 Å². The van der Waals surface area contributed by atoms with E-state index in [0.717, 1.165) is 5.92 Å². The first-order valence-electron chi connectivity index (χ1n) is 7.08. The molecule has 1 rings (SSSR count). The van der Waals surface area contributed by atoms with Crippen LogP contribution in [0, 0.1) is 11.3 Å². The lowest BCUT2D eigenvalue weighted by Crippen LogP contribution is -2.27. The summed E-state index contributed by atoms with van der Waals surface area (Å²) in [6.07, 6.45) is 10.2. The van der Waals surface area contributed by atoms with Gasteiger partial charge in [-0.3, -0.25) is 0 Å². The summed E-state index contributed by atoms with van der Waals surface area (Å²) in [7, 11) is 0. The molecule has 0 aromatic heterocycles. The van der Waals surface area contributed by atoms with Gasteiger partial charge >= 0.3 is 0 Å². The molecule has 0 atom stereocenters. The predicted octanol–water partition coefficient (Wildman–Crippen LogP) is 5.98. The molecule has 0 N–H and O–H groups in total. The Hall–Kier alpha value is -0.260. The molecule has 0 nitrogen and oxygen atoms in total. The van der Waals surface area contributed by atoms with Gasteiger partial charge in [0.05, 0.1) is 0 Å². The Morgan fingerprint density at radius 1 is 1.06 bits per heavy atom. The van der Waals surface area contributed by atoms with E-state index in [1.807, 2.05) is 13.8 Å². The Balaban J connectivity index is 0.000000487. The Bertz CT molecular complexity index is 176. The highest BCUT2D eigenvalue weighted by Gasteiger charge is 2.31. The van der Waals surface area contributed by atoms with Gasteiger partial charge in [-0.25, -0.2) is 0 Å². The van der Waals surface area contributed by atoms with Gasteiger partial charge in [0.25, 0.3) is 0 Å². The van der Waals surface area contributed by atoms with Gasteiger partial charge in [-0.15, -0.1) is 6.58 Å². The number of hydrogen-bond donors (Lipinski definition) is 0. The first-order valence-corrected chi connectivity index (χ1v) is 7.08. The Labute approximate surface area is 104 Å². The molecule has 1 fully saturated rings. The van der Waals surface area contributed by atoms with Gasteiger partial charge in [-0.05, 0) is 38.0 Å². The minimum absolute atomic E-state index is 0.653. The molecule has 0 spiro atoms. The number of allylic oxidation sites excluding steroid dienone is 1. The van der Waals surface area contributed by atoms with Crippen LogP contribution >= 0.6 is 0 Å². The molecule has 0 heteroatoms. The SMILES string of the molecule is C=C(C)C.CCC(C)(CC)C1CCCCC1. The fraction of sp³-hybridized carbons (Fsp3) is 0.875. The van der Waals surface area contributed by atoms with Crippen LogP contribution in [0.3, 0.4) is 0 Å². The third-order valence-corrected chi connectivity index (χ3v) is 4.21. The third kappa shape index (κ3) is 5.72. The van der Waals surface area contributed by atoms with Crippen LogP contribution in [0.1, 0.15) is 79.6 Å². The molecule has 0 heterocycles. The van der Waals surface area contributed by atoms with E-state index in [1.54, 1.807) is 0 Å². The van der Waals surface area contributed by atoms with E-state index in [9.17, 15) is 0 Å². The van der Waals surface area contributed by atoms with E-state index in [0.29, 0.717) is 5.41 Å². The monoisotopic (exact) mass is 224 g/mol. The molecule has 1 aliphatic carbocycles. The molecule has 0 bridgehead atoms. The van der Waals surface area contributed by atoms with Crippen LogP contribution in [-0.4, -0.2) is 0 Å². The second kappa shape index (κ2) is 7.92. The molecule has 0 aromatic carbocycles. The molecule has 1 saturated carbocycles. The van der Waals surface area contributed by atoms with E-state index in [1.165, 1.54) is 50.5 Å². The van der Waals surface area contributed by atoms with E-state index in [4.69, 9.17) is 0 Å². The molecule has 0 unspecified atom stereocenters. The molecular formula is C16H32. The molecule has 0 aliphatic heterocycles. The van der Waals surface area contributed by atoms with Crippen molar-refractivity contribution in [2.75, 3.05) is 0 Å². The second-order valence-electron chi connectivity index (χ2n) is 5.90. The van der Waals surface area contributed by atoms with Crippen molar-refractivity contribution in [3.05, 3.63) is 12.2 Å². The lowest BCUT2D eigenvalue weighted by Gasteiger charge is -2.38. The summed E-state index contributed by atoms with van der Waals surface area (Å²) in [5, 5.41) is 0. The number of hydrogen-bond acceptors (Lipinski definition) is 0. The lowest BCUT2D eigenvalue weighted by molar-refractivity contribution is 0.125. The normalized spacial score (nSPS) is 17.6.